The third-order valence-electron chi connectivity index (χ3n) is 2.43. The maximum Gasteiger partial charge on any atom is 0.0928 e. The SMILES string of the molecule is COCC(CNCC1CNCCO1)OC. The number of methoxy groups -OCH3 is 2. The molecule has 0 bridgehead atoms. The van der Waals surface area contributed by atoms with Crippen LogP contribution in [-0.4, -0.2) is 65.8 Å². The zero-order chi connectivity index (χ0) is 10.9. The summed E-state index contributed by atoms with van der Waals surface area (Å²) in [7, 11) is 3.38. The van der Waals surface area contributed by atoms with Crippen LogP contribution in [0.3, 0.4) is 0 Å². The number of hydrogen-bond acceptors (Lipinski definition) is 5. The zero-order valence-corrected chi connectivity index (χ0v) is 9.62. The van der Waals surface area contributed by atoms with Gasteiger partial charge >= 0.3 is 0 Å². The molecule has 15 heavy (non-hydrogen) atoms. The maximum absolute atomic E-state index is 5.56. The largest absolute Gasteiger partial charge is 0.382 e. The molecule has 1 aliphatic rings. The summed E-state index contributed by atoms with van der Waals surface area (Å²) >= 11 is 0. The first-order valence-electron chi connectivity index (χ1n) is 5.41. The normalized spacial score (nSPS) is 24.0. The summed E-state index contributed by atoms with van der Waals surface area (Å²) in [5.41, 5.74) is 0. The van der Waals surface area contributed by atoms with Crippen molar-refractivity contribution in [1.29, 1.82) is 0 Å². The predicted octanol–water partition coefficient (Wildman–Crippen LogP) is -0.774. The highest BCUT2D eigenvalue weighted by molar-refractivity contribution is 4.70. The molecule has 2 unspecified atom stereocenters. The highest BCUT2D eigenvalue weighted by atomic mass is 16.5. The van der Waals surface area contributed by atoms with E-state index in [4.69, 9.17) is 14.2 Å². The summed E-state index contributed by atoms with van der Waals surface area (Å²) < 4.78 is 15.8. The van der Waals surface area contributed by atoms with Crippen molar-refractivity contribution < 1.29 is 14.2 Å². The predicted molar refractivity (Wildman–Crippen MR) is 58.2 cm³/mol. The Hall–Kier alpha value is -0.200. The molecule has 0 radical (unpaired) electrons. The Kier molecular flexibility index (Phi) is 6.87. The van der Waals surface area contributed by atoms with E-state index in [1.807, 2.05) is 0 Å². The van der Waals surface area contributed by atoms with E-state index in [2.05, 4.69) is 10.6 Å². The van der Waals surface area contributed by atoms with Crippen LogP contribution < -0.4 is 10.6 Å². The minimum absolute atomic E-state index is 0.117. The molecule has 0 amide bonds. The van der Waals surface area contributed by atoms with Crippen molar-refractivity contribution in [3.63, 3.8) is 0 Å². The van der Waals surface area contributed by atoms with E-state index < -0.39 is 0 Å². The van der Waals surface area contributed by atoms with Crippen LogP contribution in [-0.2, 0) is 14.2 Å². The lowest BCUT2D eigenvalue weighted by Gasteiger charge is -2.24. The van der Waals surface area contributed by atoms with Gasteiger partial charge in [-0.15, -0.1) is 0 Å². The summed E-state index contributed by atoms with van der Waals surface area (Å²) in [5.74, 6) is 0. The molecular formula is C10H22N2O3. The molecule has 90 valence electrons. The van der Waals surface area contributed by atoms with Crippen LogP contribution in [0.4, 0.5) is 0 Å². The fourth-order valence-electron chi connectivity index (χ4n) is 1.55. The fourth-order valence-corrected chi connectivity index (χ4v) is 1.55. The van der Waals surface area contributed by atoms with Gasteiger partial charge in [0.2, 0.25) is 0 Å². The van der Waals surface area contributed by atoms with Crippen molar-refractivity contribution >= 4 is 0 Å². The lowest BCUT2D eigenvalue weighted by molar-refractivity contribution is 0.0133. The van der Waals surface area contributed by atoms with Crippen LogP contribution in [0.15, 0.2) is 0 Å². The molecule has 5 heteroatoms. The quantitative estimate of drug-likeness (QED) is 0.587. The second-order valence-corrected chi connectivity index (χ2v) is 3.67. The third kappa shape index (κ3) is 5.44. The van der Waals surface area contributed by atoms with Crippen LogP contribution in [0, 0.1) is 0 Å². The van der Waals surface area contributed by atoms with Crippen molar-refractivity contribution in [3.05, 3.63) is 0 Å². The lowest BCUT2D eigenvalue weighted by atomic mass is 10.3. The average Bonchev–Trinajstić information content (AvgIpc) is 2.29. The maximum atomic E-state index is 5.56. The van der Waals surface area contributed by atoms with E-state index in [1.54, 1.807) is 14.2 Å². The molecule has 0 spiro atoms. The summed E-state index contributed by atoms with van der Waals surface area (Å²) in [6, 6.07) is 0. The van der Waals surface area contributed by atoms with Crippen LogP contribution in [0.2, 0.25) is 0 Å². The van der Waals surface area contributed by atoms with E-state index in [9.17, 15) is 0 Å². The Morgan fingerprint density at radius 1 is 1.53 bits per heavy atom. The molecule has 0 aromatic carbocycles. The van der Waals surface area contributed by atoms with Gasteiger partial charge in [-0.05, 0) is 0 Å². The Morgan fingerprint density at radius 3 is 3.00 bits per heavy atom. The van der Waals surface area contributed by atoms with Crippen molar-refractivity contribution in [1.82, 2.24) is 10.6 Å². The first kappa shape index (κ1) is 12.9. The van der Waals surface area contributed by atoms with Gasteiger partial charge in [-0.2, -0.15) is 0 Å². The van der Waals surface area contributed by atoms with E-state index in [-0.39, 0.29) is 12.2 Å². The highest BCUT2D eigenvalue weighted by Crippen LogP contribution is 1.94. The van der Waals surface area contributed by atoms with Crippen LogP contribution in [0.1, 0.15) is 0 Å². The Morgan fingerprint density at radius 2 is 2.40 bits per heavy atom. The first-order chi connectivity index (χ1) is 7.36. The van der Waals surface area contributed by atoms with E-state index in [1.165, 1.54) is 0 Å². The minimum atomic E-state index is 0.117. The van der Waals surface area contributed by atoms with Crippen LogP contribution in [0.5, 0.6) is 0 Å². The zero-order valence-electron chi connectivity index (χ0n) is 9.62. The fraction of sp³-hybridized carbons (Fsp3) is 1.00. The summed E-state index contributed by atoms with van der Waals surface area (Å²) in [6.07, 6.45) is 0.394. The Balaban J connectivity index is 2.03. The molecule has 1 aliphatic heterocycles. The Bertz CT molecular complexity index is 147. The van der Waals surface area contributed by atoms with Gasteiger partial charge in [-0.1, -0.05) is 0 Å². The minimum Gasteiger partial charge on any atom is -0.382 e. The molecule has 2 N–H and O–H groups in total. The monoisotopic (exact) mass is 218 g/mol. The van der Waals surface area contributed by atoms with Crippen LogP contribution >= 0.6 is 0 Å². The smallest absolute Gasteiger partial charge is 0.0928 e. The summed E-state index contributed by atoms with van der Waals surface area (Å²) in [6.45, 7) is 4.96. The molecule has 1 rings (SSSR count). The van der Waals surface area contributed by atoms with Crippen LogP contribution in [0.25, 0.3) is 0 Å². The molecule has 0 aliphatic carbocycles. The highest BCUT2D eigenvalue weighted by Gasteiger charge is 2.13. The van der Waals surface area contributed by atoms with Crippen molar-refractivity contribution in [2.45, 2.75) is 12.2 Å². The molecule has 1 heterocycles. The Labute approximate surface area is 91.5 Å². The summed E-state index contributed by atoms with van der Waals surface area (Å²) in [4.78, 5) is 0. The molecule has 2 atom stereocenters. The molecule has 5 nitrogen and oxygen atoms in total. The molecule has 1 fully saturated rings. The van der Waals surface area contributed by atoms with Gasteiger partial charge in [-0.25, -0.2) is 0 Å². The lowest BCUT2D eigenvalue weighted by Crippen LogP contribution is -2.45. The van der Waals surface area contributed by atoms with E-state index >= 15 is 0 Å². The van der Waals surface area contributed by atoms with Crippen molar-refractivity contribution in [2.24, 2.45) is 0 Å². The second kappa shape index (κ2) is 8.01. The van der Waals surface area contributed by atoms with Gasteiger partial charge in [0.05, 0.1) is 25.4 Å². The van der Waals surface area contributed by atoms with E-state index in [0.717, 1.165) is 32.8 Å². The third-order valence-corrected chi connectivity index (χ3v) is 2.43. The molecule has 0 aromatic heterocycles. The number of nitrogens with one attached hydrogen (secondary N) is 2. The number of morpholine rings is 1. The second-order valence-electron chi connectivity index (χ2n) is 3.67. The van der Waals surface area contributed by atoms with E-state index in [0.29, 0.717) is 6.61 Å². The molecule has 0 aromatic rings. The number of hydrogen-bond donors (Lipinski definition) is 2. The number of ether oxygens (including phenoxy) is 3. The van der Waals surface area contributed by atoms with Gasteiger partial charge in [0.15, 0.2) is 0 Å². The molecule has 0 saturated carbocycles. The molecule has 1 saturated heterocycles. The van der Waals surface area contributed by atoms with Gasteiger partial charge in [0.25, 0.3) is 0 Å². The van der Waals surface area contributed by atoms with Crippen molar-refractivity contribution in [3.8, 4) is 0 Å². The number of rotatable bonds is 7. The standard InChI is InChI=1S/C10H22N2O3/c1-13-8-10(14-2)7-12-6-9-5-11-3-4-15-9/h9-12H,3-8H2,1-2H3. The van der Waals surface area contributed by atoms with Gasteiger partial charge in [-0.3, -0.25) is 0 Å². The average molecular weight is 218 g/mol. The van der Waals surface area contributed by atoms with Gasteiger partial charge in [0.1, 0.15) is 0 Å². The topological polar surface area (TPSA) is 51.8 Å². The van der Waals surface area contributed by atoms with Gasteiger partial charge < -0.3 is 24.8 Å². The molecular weight excluding hydrogens is 196 g/mol. The van der Waals surface area contributed by atoms with Crippen molar-refractivity contribution in [2.75, 3.05) is 53.6 Å². The first-order valence-corrected chi connectivity index (χ1v) is 5.41. The van der Waals surface area contributed by atoms with Gasteiger partial charge in [0, 0.05) is 40.4 Å². The summed E-state index contributed by atoms with van der Waals surface area (Å²) in [5, 5.41) is 6.61.